The molecule has 0 amide bonds. The summed E-state index contributed by atoms with van der Waals surface area (Å²) in [7, 11) is 3.29. The predicted octanol–water partition coefficient (Wildman–Crippen LogP) is 2.88. The summed E-state index contributed by atoms with van der Waals surface area (Å²) in [5.74, 6) is 1.21. The smallest absolute Gasteiger partial charge is 0.191 e. The molecule has 0 saturated carbocycles. The topological polar surface area (TPSA) is 78.4 Å². The summed E-state index contributed by atoms with van der Waals surface area (Å²) in [5, 5.41) is 16.0. The first-order chi connectivity index (χ1) is 14.5. The minimum atomic E-state index is -0.638. The number of benzene rings is 2. The van der Waals surface area contributed by atoms with E-state index in [1.54, 1.807) is 20.3 Å². The van der Waals surface area contributed by atoms with E-state index in [1.807, 2.05) is 25.1 Å². The van der Waals surface area contributed by atoms with E-state index in [0.717, 1.165) is 43.2 Å². The molecule has 0 aromatic heterocycles. The second kappa shape index (κ2) is 10.0. The number of anilines is 1. The summed E-state index contributed by atoms with van der Waals surface area (Å²) in [5.41, 5.74) is 1.75. The van der Waals surface area contributed by atoms with Gasteiger partial charge in [-0.05, 0) is 31.0 Å². The van der Waals surface area contributed by atoms with Crippen molar-refractivity contribution in [2.24, 2.45) is 4.99 Å². The van der Waals surface area contributed by atoms with E-state index in [0.29, 0.717) is 18.1 Å². The monoisotopic (exact) mass is 416 g/mol. The molecule has 7 nitrogen and oxygen atoms in total. The van der Waals surface area contributed by atoms with Gasteiger partial charge in [0.2, 0.25) is 0 Å². The Balaban J connectivity index is 1.65. The highest BCUT2D eigenvalue weighted by atomic mass is 19.1. The number of phenolic OH excluding ortho intramolecular Hbond substituents is 1. The van der Waals surface area contributed by atoms with Crippen LogP contribution in [0.3, 0.4) is 0 Å². The van der Waals surface area contributed by atoms with Crippen LogP contribution in [0.25, 0.3) is 0 Å². The number of nitrogens with one attached hydrogen (secondary N) is 2. The van der Waals surface area contributed by atoms with Gasteiger partial charge in [0.25, 0.3) is 0 Å². The van der Waals surface area contributed by atoms with Gasteiger partial charge in [-0.25, -0.2) is 9.38 Å². The van der Waals surface area contributed by atoms with Crippen LogP contribution in [0.2, 0.25) is 0 Å². The van der Waals surface area contributed by atoms with Crippen molar-refractivity contribution in [3.05, 3.63) is 47.8 Å². The van der Waals surface area contributed by atoms with Gasteiger partial charge >= 0.3 is 0 Å². The van der Waals surface area contributed by atoms with Gasteiger partial charge in [-0.3, -0.25) is 0 Å². The van der Waals surface area contributed by atoms with Crippen molar-refractivity contribution >= 4 is 11.6 Å². The van der Waals surface area contributed by atoms with Gasteiger partial charge in [-0.2, -0.15) is 0 Å². The van der Waals surface area contributed by atoms with Crippen molar-refractivity contribution in [2.75, 3.05) is 38.8 Å². The molecule has 3 N–H and O–H groups in total. The van der Waals surface area contributed by atoms with E-state index in [1.165, 1.54) is 12.1 Å². The molecule has 1 aliphatic rings. The number of aliphatic imine (C=N–C) groups is 1. The SMILES string of the molecule is CCNC(=NCc1ccc(O)c(F)c1)NC1CCN(c2cc(OC)cc(OC)c2)C1. The summed E-state index contributed by atoms with van der Waals surface area (Å²) in [6, 6.07) is 10.4. The lowest BCUT2D eigenvalue weighted by Crippen LogP contribution is -2.44. The van der Waals surface area contributed by atoms with Gasteiger partial charge in [0, 0.05) is 49.6 Å². The number of halogens is 1. The van der Waals surface area contributed by atoms with Crippen molar-refractivity contribution in [1.29, 1.82) is 0 Å². The molecule has 2 aromatic rings. The first kappa shape index (κ1) is 21.5. The van der Waals surface area contributed by atoms with Crippen LogP contribution >= 0.6 is 0 Å². The Morgan fingerprint density at radius 2 is 1.93 bits per heavy atom. The Bertz CT molecular complexity index is 868. The van der Waals surface area contributed by atoms with Crippen LogP contribution in [0.4, 0.5) is 10.1 Å². The zero-order valence-corrected chi connectivity index (χ0v) is 17.6. The van der Waals surface area contributed by atoms with E-state index in [-0.39, 0.29) is 11.8 Å². The van der Waals surface area contributed by atoms with E-state index < -0.39 is 5.82 Å². The third kappa shape index (κ3) is 5.46. The zero-order chi connectivity index (χ0) is 21.5. The lowest BCUT2D eigenvalue weighted by atomic mass is 10.2. The molecule has 1 heterocycles. The molecule has 0 bridgehead atoms. The lowest BCUT2D eigenvalue weighted by Gasteiger charge is -2.21. The molecule has 0 aliphatic carbocycles. The molecule has 1 saturated heterocycles. The number of hydrogen-bond donors (Lipinski definition) is 3. The van der Waals surface area contributed by atoms with Gasteiger partial charge in [-0.1, -0.05) is 6.07 Å². The third-order valence-corrected chi connectivity index (χ3v) is 5.01. The van der Waals surface area contributed by atoms with Crippen LogP contribution in [0.15, 0.2) is 41.4 Å². The Morgan fingerprint density at radius 3 is 2.57 bits per heavy atom. The Hall–Kier alpha value is -3.16. The van der Waals surface area contributed by atoms with Crippen molar-refractivity contribution < 1.29 is 19.0 Å². The first-order valence-electron chi connectivity index (χ1n) is 10.0. The van der Waals surface area contributed by atoms with Gasteiger partial charge in [-0.15, -0.1) is 0 Å². The number of phenols is 1. The van der Waals surface area contributed by atoms with Crippen LogP contribution in [0.1, 0.15) is 18.9 Å². The highest BCUT2D eigenvalue weighted by molar-refractivity contribution is 5.80. The average Bonchev–Trinajstić information content (AvgIpc) is 3.22. The second-order valence-corrected chi connectivity index (χ2v) is 7.13. The third-order valence-electron chi connectivity index (χ3n) is 5.01. The van der Waals surface area contributed by atoms with E-state index in [9.17, 15) is 9.50 Å². The predicted molar refractivity (Wildman–Crippen MR) is 116 cm³/mol. The van der Waals surface area contributed by atoms with Gasteiger partial charge in [0.05, 0.1) is 20.8 Å². The van der Waals surface area contributed by atoms with Crippen molar-refractivity contribution in [2.45, 2.75) is 25.9 Å². The number of methoxy groups -OCH3 is 2. The summed E-state index contributed by atoms with van der Waals surface area (Å²) in [6.45, 7) is 4.75. The molecule has 162 valence electrons. The minimum Gasteiger partial charge on any atom is -0.505 e. The fourth-order valence-corrected chi connectivity index (χ4v) is 3.42. The average molecular weight is 416 g/mol. The van der Waals surface area contributed by atoms with Crippen LogP contribution in [-0.4, -0.2) is 51.0 Å². The maximum atomic E-state index is 13.5. The number of aromatic hydroxyl groups is 1. The Kier molecular flexibility index (Phi) is 7.21. The molecule has 1 aliphatic heterocycles. The fraction of sp³-hybridized carbons (Fsp3) is 0.409. The molecule has 1 atom stereocenters. The highest BCUT2D eigenvalue weighted by Gasteiger charge is 2.24. The largest absolute Gasteiger partial charge is 0.505 e. The Labute approximate surface area is 176 Å². The summed E-state index contributed by atoms with van der Waals surface area (Å²) >= 11 is 0. The summed E-state index contributed by atoms with van der Waals surface area (Å²) in [6.07, 6.45) is 0.956. The number of rotatable bonds is 7. The molecule has 8 heteroatoms. The number of guanidine groups is 1. The number of ether oxygens (including phenoxy) is 2. The number of nitrogens with zero attached hydrogens (tertiary/aromatic N) is 2. The van der Waals surface area contributed by atoms with Gasteiger partial charge in [0.1, 0.15) is 11.5 Å². The quantitative estimate of drug-likeness (QED) is 0.476. The minimum absolute atomic E-state index is 0.219. The van der Waals surface area contributed by atoms with E-state index in [2.05, 4.69) is 20.5 Å². The van der Waals surface area contributed by atoms with Crippen molar-refractivity contribution in [3.8, 4) is 17.2 Å². The fourth-order valence-electron chi connectivity index (χ4n) is 3.42. The zero-order valence-electron chi connectivity index (χ0n) is 17.6. The van der Waals surface area contributed by atoms with Crippen molar-refractivity contribution in [3.63, 3.8) is 0 Å². The van der Waals surface area contributed by atoms with Crippen LogP contribution in [0.5, 0.6) is 17.2 Å². The summed E-state index contributed by atoms with van der Waals surface area (Å²) in [4.78, 5) is 6.84. The molecule has 1 unspecified atom stereocenters. The van der Waals surface area contributed by atoms with Crippen LogP contribution < -0.4 is 25.0 Å². The van der Waals surface area contributed by atoms with Gasteiger partial charge < -0.3 is 30.1 Å². The second-order valence-electron chi connectivity index (χ2n) is 7.13. The highest BCUT2D eigenvalue weighted by Crippen LogP contribution is 2.30. The maximum absolute atomic E-state index is 13.5. The van der Waals surface area contributed by atoms with Crippen LogP contribution in [-0.2, 0) is 6.54 Å². The number of hydrogen-bond acceptors (Lipinski definition) is 5. The molecular formula is C22H29FN4O3. The molecule has 3 rings (SSSR count). The van der Waals surface area contributed by atoms with Crippen LogP contribution in [0, 0.1) is 5.82 Å². The van der Waals surface area contributed by atoms with E-state index in [4.69, 9.17) is 9.47 Å². The summed E-state index contributed by atoms with van der Waals surface area (Å²) < 4.78 is 24.3. The molecule has 0 radical (unpaired) electrons. The molecule has 0 spiro atoms. The molecular weight excluding hydrogens is 387 g/mol. The molecule has 2 aromatic carbocycles. The van der Waals surface area contributed by atoms with Crippen molar-refractivity contribution in [1.82, 2.24) is 10.6 Å². The molecule has 30 heavy (non-hydrogen) atoms. The molecule has 1 fully saturated rings. The lowest BCUT2D eigenvalue weighted by molar-refractivity contribution is 0.394. The maximum Gasteiger partial charge on any atom is 0.191 e. The normalized spacial score (nSPS) is 16.5. The van der Waals surface area contributed by atoms with Gasteiger partial charge in [0.15, 0.2) is 17.5 Å². The van der Waals surface area contributed by atoms with E-state index >= 15 is 0 Å². The standard InChI is InChI=1S/C22H29FN4O3/c1-4-24-22(25-13-15-5-6-21(28)20(23)9-15)26-16-7-8-27(14-16)17-10-18(29-2)12-19(11-17)30-3/h5-6,9-12,16,28H,4,7-8,13-14H2,1-3H3,(H2,24,25,26). The first-order valence-corrected chi connectivity index (χ1v) is 10.0. The Morgan fingerprint density at radius 1 is 1.20 bits per heavy atom.